The minimum Gasteiger partial charge on any atom is -0.341 e. The van der Waals surface area contributed by atoms with Crippen LogP contribution < -0.4 is 0 Å². The minimum atomic E-state index is -3.45. The molecule has 1 saturated heterocycles. The van der Waals surface area contributed by atoms with Gasteiger partial charge in [0.1, 0.15) is 0 Å². The van der Waals surface area contributed by atoms with E-state index in [1.54, 1.807) is 52.7 Å². The third-order valence-electron chi connectivity index (χ3n) is 5.66. The Labute approximate surface area is 185 Å². The molecule has 0 bridgehead atoms. The molecule has 2 aromatic carbocycles. The molecule has 1 heterocycles. The molecule has 2 aromatic rings. The summed E-state index contributed by atoms with van der Waals surface area (Å²) in [6.45, 7) is 1.62. The molecule has 6 nitrogen and oxygen atoms in total. The highest BCUT2D eigenvalue weighted by molar-refractivity contribution is 7.89. The summed E-state index contributed by atoms with van der Waals surface area (Å²) in [4.78, 5) is 14.5. The number of hydrogen-bond acceptors (Lipinski definition) is 4. The molecule has 1 fully saturated rings. The molecule has 0 N–H and O–H groups in total. The number of aryl methyl sites for hydroxylation is 1. The fraction of sp³-hybridized carbons (Fsp3) is 0.417. The molecule has 7 heteroatoms. The molecular weight excluding hydrogens is 410 g/mol. The van der Waals surface area contributed by atoms with Gasteiger partial charge in [-0.05, 0) is 54.7 Å². The second-order valence-corrected chi connectivity index (χ2v) is 9.96. The summed E-state index contributed by atoms with van der Waals surface area (Å²) in [6.07, 6.45) is 4.87. The first-order valence-corrected chi connectivity index (χ1v) is 12.2. The van der Waals surface area contributed by atoms with E-state index < -0.39 is 10.0 Å². The Bertz CT molecular complexity index is 1030. The Kier molecular flexibility index (Phi) is 7.83. The molecule has 0 aliphatic carbocycles. The van der Waals surface area contributed by atoms with Crippen LogP contribution in [-0.4, -0.2) is 43.7 Å². The second kappa shape index (κ2) is 10.6. The van der Waals surface area contributed by atoms with Crippen molar-refractivity contribution < 1.29 is 13.2 Å². The Morgan fingerprint density at radius 2 is 1.71 bits per heavy atom. The lowest BCUT2D eigenvalue weighted by atomic mass is 10.1. The van der Waals surface area contributed by atoms with Crippen LogP contribution in [0.5, 0.6) is 0 Å². The van der Waals surface area contributed by atoms with E-state index in [2.05, 4.69) is 6.07 Å². The molecule has 31 heavy (non-hydrogen) atoms. The zero-order chi connectivity index (χ0) is 22.3. The quantitative estimate of drug-likeness (QED) is 0.658. The predicted molar refractivity (Wildman–Crippen MR) is 120 cm³/mol. The lowest BCUT2D eigenvalue weighted by molar-refractivity contribution is -0.130. The van der Waals surface area contributed by atoms with E-state index in [0.717, 1.165) is 36.8 Å². The third kappa shape index (κ3) is 6.16. The normalized spacial score (nSPS) is 15.1. The van der Waals surface area contributed by atoms with Crippen molar-refractivity contribution in [2.75, 3.05) is 20.1 Å². The molecule has 0 unspecified atom stereocenters. The van der Waals surface area contributed by atoms with Gasteiger partial charge in [0.15, 0.2) is 0 Å². The number of carbonyl (C=O) groups excluding carboxylic acids is 1. The summed E-state index contributed by atoms with van der Waals surface area (Å²) in [5.74, 6) is 0.00336. The van der Waals surface area contributed by atoms with E-state index in [1.807, 2.05) is 12.1 Å². The van der Waals surface area contributed by atoms with Crippen LogP contribution in [0.2, 0.25) is 0 Å². The van der Waals surface area contributed by atoms with E-state index in [1.165, 1.54) is 0 Å². The van der Waals surface area contributed by atoms with E-state index in [9.17, 15) is 13.2 Å². The number of carbonyl (C=O) groups is 1. The van der Waals surface area contributed by atoms with Gasteiger partial charge >= 0.3 is 0 Å². The van der Waals surface area contributed by atoms with E-state index in [4.69, 9.17) is 5.26 Å². The first kappa shape index (κ1) is 23.0. The molecule has 0 radical (unpaired) electrons. The highest BCUT2D eigenvalue weighted by Gasteiger charge is 2.24. The van der Waals surface area contributed by atoms with Crippen LogP contribution in [0.4, 0.5) is 0 Å². The van der Waals surface area contributed by atoms with Gasteiger partial charge in [0.2, 0.25) is 15.9 Å². The van der Waals surface area contributed by atoms with Gasteiger partial charge in [-0.3, -0.25) is 4.79 Å². The van der Waals surface area contributed by atoms with Crippen LogP contribution in [0.25, 0.3) is 0 Å². The maximum Gasteiger partial charge on any atom is 0.243 e. The zero-order valence-corrected chi connectivity index (χ0v) is 18.8. The van der Waals surface area contributed by atoms with Gasteiger partial charge in [-0.25, -0.2) is 8.42 Å². The Morgan fingerprint density at radius 3 is 2.35 bits per heavy atom. The number of hydrogen-bond donors (Lipinski definition) is 0. The van der Waals surface area contributed by atoms with E-state index in [-0.39, 0.29) is 5.91 Å². The topological polar surface area (TPSA) is 81.5 Å². The number of nitriles is 1. The van der Waals surface area contributed by atoms with Crippen LogP contribution >= 0.6 is 0 Å². The van der Waals surface area contributed by atoms with Gasteiger partial charge in [-0.15, -0.1) is 0 Å². The van der Waals surface area contributed by atoms with Crippen LogP contribution in [0.3, 0.4) is 0 Å². The Balaban J connectivity index is 1.55. The number of amides is 1. The van der Waals surface area contributed by atoms with Gasteiger partial charge in [0.05, 0.1) is 16.5 Å². The van der Waals surface area contributed by atoms with E-state index >= 15 is 0 Å². The SMILES string of the molecule is CN(Cc1cccc(C#N)c1)C(=O)CCc1ccc(S(=O)(=O)N2CCCCCC2)cc1. The number of sulfonamides is 1. The fourth-order valence-electron chi connectivity index (χ4n) is 3.80. The average molecular weight is 440 g/mol. The highest BCUT2D eigenvalue weighted by atomic mass is 32.2. The maximum absolute atomic E-state index is 12.9. The summed E-state index contributed by atoms with van der Waals surface area (Å²) in [7, 11) is -1.70. The van der Waals surface area contributed by atoms with Gasteiger partial charge in [-0.1, -0.05) is 37.1 Å². The molecule has 0 atom stereocenters. The smallest absolute Gasteiger partial charge is 0.243 e. The molecule has 164 valence electrons. The lowest BCUT2D eigenvalue weighted by Crippen LogP contribution is -2.31. The average Bonchev–Trinajstić information content (AvgIpc) is 3.08. The van der Waals surface area contributed by atoms with Crippen LogP contribution in [-0.2, 0) is 27.8 Å². The van der Waals surface area contributed by atoms with E-state index in [0.29, 0.717) is 42.9 Å². The molecule has 0 aromatic heterocycles. The van der Waals surface area contributed by atoms with Crippen molar-refractivity contribution in [2.24, 2.45) is 0 Å². The molecule has 0 spiro atoms. The highest BCUT2D eigenvalue weighted by Crippen LogP contribution is 2.21. The summed E-state index contributed by atoms with van der Waals surface area (Å²) < 4.78 is 27.3. The number of benzene rings is 2. The lowest BCUT2D eigenvalue weighted by Gasteiger charge is -2.20. The standard InChI is InChI=1S/C24H29N3O3S/c1-26(19-22-8-6-7-21(17-22)18-25)24(28)14-11-20-9-12-23(13-10-20)31(29,30)27-15-4-2-3-5-16-27/h6-10,12-13,17H,2-5,11,14-16,19H2,1H3. The summed E-state index contributed by atoms with van der Waals surface area (Å²) in [6, 6.07) is 16.2. The van der Waals surface area contributed by atoms with Crippen molar-refractivity contribution in [2.45, 2.75) is 50.0 Å². The molecule has 1 amide bonds. The molecule has 1 aliphatic heterocycles. The first-order valence-electron chi connectivity index (χ1n) is 10.7. The van der Waals surface area contributed by atoms with Gasteiger partial charge < -0.3 is 4.90 Å². The molecule has 3 rings (SSSR count). The predicted octanol–water partition coefficient (Wildman–Crippen LogP) is 3.71. The summed E-state index contributed by atoms with van der Waals surface area (Å²) >= 11 is 0. The molecular formula is C24H29N3O3S. The first-order chi connectivity index (χ1) is 14.9. The Hall–Kier alpha value is -2.69. The van der Waals surface area contributed by atoms with Gasteiger partial charge in [-0.2, -0.15) is 9.57 Å². The number of rotatable bonds is 7. The largest absolute Gasteiger partial charge is 0.341 e. The monoisotopic (exact) mass is 439 g/mol. The summed E-state index contributed by atoms with van der Waals surface area (Å²) in [5, 5.41) is 9.00. The van der Waals surface area contributed by atoms with Gasteiger partial charge in [0.25, 0.3) is 0 Å². The number of nitrogens with zero attached hydrogens (tertiary/aromatic N) is 3. The molecule has 0 saturated carbocycles. The second-order valence-electron chi connectivity index (χ2n) is 8.02. The van der Waals surface area contributed by atoms with Crippen molar-refractivity contribution in [3.8, 4) is 6.07 Å². The van der Waals surface area contributed by atoms with Crippen LogP contribution in [0.1, 0.15) is 48.8 Å². The zero-order valence-electron chi connectivity index (χ0n) is 18.0. The third-order valence-corrected chi connectivity index (χ3v) is 7.57. The van der Waals surface area contributed by atoms with Crippen molar-refractivity contribution in [1.29, 1.82) is 5.26 Å². The Morgan fingerprint density at radius 1 is 1.03 bits per heavy atom. The van der Waals surface area contributed by atoms with Crippen molar-refractivity contribution >= 4 is 15.9 Å². The van der Waals surface area contributed by atoms with Crippen molar-refractivity contribution in [3.05, 3.63) is 65.2 Å². The van der Waals surface area contributed by atoms with Gasteiger partial charge in [0, 0.05) is 33.1 Å². The van der Waals surface area contributed by atoms with Crippen LogP contribution in [0, 0.1) is 11.3 Å². The maximum atomic E-state index is 12.9. The van der Waals surface area contributed by atoms with Crippen molar-refractivity contribution in [3.63, 3.8) is 0 Å². The summed E-state index contributed by atoms with van der Waals surface area (Å²) in [5.41, 5.74) is 2.43. The van der Waals surface area contributed by atoms with Crippen molar-refractivity contribution in [1.82, 2.24) is 9.21 Å². The minimum absolute atomic E-state index is 0.00336. The fourth-order valence-corrected chi connectivity index (χ4v) is 5.32. The van der Waals surface area contributed by atoms with Crippen LogP contribution in [0.15, 0.2) is 53.4 Å². The molecule has 1 aliphatic rings.